The number of unbranched alkanes of at least 4 members (excludes halogenated alkanes) is 1. The lowest BCUT2D eigenvalue weighted by Gasteiger charge is -2.25. The van der Waals surface area contributed by atoms with Crippen LogP contribution in [0.2, 0.25) is 0 Å². The molecule has 0 aliphatic carbocycles. The Morgan fingerprint density at radius 2 is 1.31 bits per heavy atom. The van der Waals surface area contributed by atoms with E-state index in [0.717, 1.165) is 16.5 Å². The number of benzene rings is 1. The summed E-state index contributed by atoms with van der Waals surface area (Å²) < 4.78 is 0. The molecule has 0 saturated carbocycles. The number of nitrogens with one attached hydrogen (secondary N) is 4. The number of rotatable bonds is 19. The number of carboxylic acids is 3. The van der Waals surface area contributed by atoms with Gasteiger partial charge in [0.05, 0.1) is 6.04 Å². The quantitative estimate of drug-likeness (QED) is 0.0935. The van der Waals surface area contributed by atoms with Crippen molar-refractivity contribution < 1.29 is 44.1 Å². The second kappa shape index (κ2) is 16.7. The van der Waals surface area contributed by atoms with Crippen LogP contribution in [0.4, 0.5) is 0 Å². The summed E-state index contributed by atoms with van der Waals surface area (Å²) in [5, 5.41) is 35.5. The number of amides is 3. The van der Waals surface area contributed by atoms with E-state index >= 15 is 0 Å². The van der Waals surface area contributed by atoms with E-state index in [9.17, 15) is 33.9 Å². The average Bonchev–Trinajstić information content (AvgIpc) is 3.34. The minimum absolute atomic E-state index is 0.0553. The molecule has 15 heteroatoms. The molecule has 0 aliphatic rings. The monoisotopic (exact) mass is 590 g/mol. The van der Waals surface area contributed by atoms with Crippen LogP contribution in [0.5, 0.6) is 0 Å². The predicted molar refractivity (Wildman–Crippen MR) is 150 cm³/mol. The van der Waals surface area contributed by atoms with Crippen LogP contribution in [0.15, 0.2) is 30.5 Å². The Morgan fingerprint density at radius 1 is 0.762 bits per heavy atom. The number of H-pyrrole nitrogens is 1. The summed E-state index contributed by atoms with van der Waals surface area (Å²) in [6.45, 7) is 0.296. The molecular formula is C27H38N6O9. The largest absolute Gasteiger partial charge is 0.481 e. The second-order valence-corrected chi connectivity index (χ2v) is 9.84. The fourth-order valence-electron chi connectivity index (χ4n) is 4.28. The van der Waals surface area contributed by atoms with E-state index < -0.39 is 72.6 Å². The van der Waals surface area contributed by atoms with Crippen molar-refractivity contribution >= 4 is 46.5 Å². The van der Waals surface area contributed by atoms with Crippen molar-refractivity contribution in [1.82, 2.24) is 20.9 Å². The Balaban J connectivity index is 2.15. The number of fused-ring (bicyclic) bond motifs is 1. The maximum Gasteiger partial charge on any atom is 0.326 e. The maximum absolute atomic E-state index is 13.2. The van der Waals surface area contributed by atoms with Gasteiger partial charge < -0.3 is 47.7 Å². The summed E-state index contributed by atoms with van der Waals surface area (Å²) in [6.07, 6.45) is 1.09. The maximum atomic E-state index is 13.2. The van der Waals surface area contributed by atoms with E-state index in [4.69, 9.17) is 21.7 Å². The van der Waals surface area contributed by atoms with Gasteiger partial charge in [-0.15, -0.1) is 0 Å². The molecule has 42 heavy (non-hydrogen) atoms. The molecule has 3 amide bonds. The minimum atomic E-state index is -1.52. The molecule has 0 saturated heterocycles. The molecule has 0 aliphatic heterocycles. The molecular weight excluding hydrogens is 552 g/mol. The SMILES string of the molecule is NCCCCC(NC(=O)C(CCC(=O)O)NC(=O)C(N)Cc1c[nH]c2ccccc12)C(=O)NC(CCC(=O)O)C(=O)O. The first kappa shape index (κ1) is 33.7. The molecule has 2 rings (SSSR count). The Morgan fingerprint density at radius 3 is 1.90 bits per heavy atom. The standard InChI is InChI=1S/C27H38N6O9/c28-12-4-3-7-19(25(39)33-21(27(41)42)9-11-23(36)37)32-26(40)20(8-10-22(34)35)31-24(38)17(29)13-15-14-30-18-6-2-1-5-16(15)18/h1-2,5-6,14,17,19-21,30H,3-4,7-13,28-29H2,(H,31,38)(H,32,40)(H,33,39)(H,34,35)(H,36,37)(H,41,42). The summed E-state index contributed by atoms with van der Waals surface area (Å²) in [5.41, 5.74) is 13.3. The first-order valence-electron chi connectivity index (χ1n) is 13.5. The van der Waals surface area contributed by atoms with Crippen molar-refractivity contribution in [3.05, 3.63) is 36.0 Å². The summed E-state index contributed by atoms with van der Waals surface area (Å²) in [4.78, 5) is 75.9. The highest BCUT2D eigenvalue weighted by molar-refractivity contribution is 5.94. The second-order valence-electron chi connectivity index (χ2n) is 9.84. The van der Waals surface area contributed by atoms with Gasteiger partial charge in [0.25, 0.3) is 0 Å². The molecule has 1 heterocycles. The fraction of sp³-hybridized carbons (Fsp3) is 0.481. The molecule has 4 unspecified atom stereocenters. The summed E-state index contributed by atoms with van der Waals surface area (Å²) in [6, 6.07) is 2.17. The molecule has 0 bridgehead atoms. The van der Waals surface area contributed by atoms with E-state index in [2.05, 4.69) is 20.9 Å². The van der Waals surface area contributed by atoms with Crippen LogP contribution in [0, 0.1) is 0 Å². The first-order valence-corrected chi connectivity index (χ1v) is 13.5. The van der Waals surface area contributed by atoms with Crippen molar-refractivity contribution in [2.75, 3.05) is 6.54 Å². The van der Waals surface area contributed by atoms with Crippen LogP contribution < -0.4 is 27.4 Å². The topological polar surface area (TPSA) is 267 Å². The van der Waals surface area contributed by atoms with E-state index in [-0.39, 0.29) is 25.7 Å². The Hall–Kier alpha value is -4.50. The molecule has 230 valence electrons. The summed E-state index contributed by atoms with van der Waals surface area (Å²) in [5.74, 6) is -6.37. The van der Waals surface area contributed by atoms with Crippen LogP contribution in [-0.4, -0.2) is 86.6 Å². The molecule has 1 aromatic carbocycles. The van der Waals surface area contributed by atoms with Gasteiger partial charge in [0, 0.05) is 29.9 Å². The third kappa shape index (κ3) is 10.8. The van der Waals surface area contributed by atoms with Gasteiger partial charge in [0.15, 0.2) is 0 Å². The van der Waals surface area contributed by atoms with Gasteiger partial charge in [0.2, 0.25) is 17.7 Å². The summed E-state index contributed by atoms with van der Waals surface area (Å²) >= 11 is 0. The van der Waals surface area contributed by atoms with Gasteiger partial charge in [-0.2, -0.15) is 0 Å². The van der Waals surface area contributed by atoms with Gasteiger partial charge in [-0.25, -0.2) is 4.79 Å². The highest BCUT2D eigenvalue weighted by Crippen LogP contribution is 2.19. The van der Waals surface area contributed by atoms with Gasteiger partial charge >= 0.3 is 17.9 Å². The molecule has 11 N–H and O–H groups in total. The molecule has 15 nitrogen and oxygen atoms in total. The van der Waals surface area contributed by atoms with E-state index in [1.54, 1.807) is 6.20 Å². The van der Waals surface area contributed by atoms with Crippen molar-refractivity contribution in [2.24, 2.45) is 11.5 Å². The van der Waals surface area contributed by atoms with Crippen molar-refractivity contribution in [3.8, 4) is 0 Å². The van der Waals surface area contributed by atoms with Crippen LogP contribution in [0.25, 0.3) is 10.9 Å². The Bertz CT molecular complexity index is 1260. The molecule has 0 spiro atoms. The molecule has 4 atom stereocenters. The molecule has 1 aromatic heterocycles. The third-order valence-electron chi connectivity index (χ3n) is 6.57. The number of aromatic nitrogens is 1. The Labute approximate surface area is 241 Å². The zero-order chi connectivity index (χ0) is 31.2. The number of carbonyl (C=O) groups excluding carboxylic acids is 3. The molecule has 0 radical (unpaired) electrons. The minimum Gasteiger partial charge on any atom is -0.481 e. The predicted octanol–water partition coefficient (Wildman–Crippen LogP) is -0.565. The fourth-order valence-corrected chi connectivity index (χ4v) is 4.28. The van der Waals surface area contributed by atoms with Crippen molar-refractivity contribution in [1.29, 1.82) is 0 Å². The smallest absolute Gasteiger partial charge is 0.326 e. The molecule has 0 fully saturated rings. The van der Waals surface area contributed by atoms with Crippen LogP contribution in [0.1, 0.15) is 50.5 Å². The number of aromatic amines is 1. The zero-order valence-corrected chi connectivity index (χ0v) is 23.0. The average molecular weight is 591 g/mol. The number of para-hydroxylation sites is 1. The number of hydrogen-bond donors (Lipinski definition) is 9. The van der Waals surface area contributed by atoms with Crippen LogP contribution >= 0.6 is 0 Å². The zero-order valence-electron chi connectivity index (χ0n) is 23.0. The lowest BCUT2D eigenvalue weighted by Crippen LogP contribution is -2.57. The normalized spacial score (nSPS) is 13.9. The van der Waals surface area contributed by atoms with Gasteiger partial charge in [-0.3, -0.25) is 24.0 Å². The van der Waals surface area contributed by atoms with Crippen LogP contribution in [-0.2, 0) is 35.2 Å². The number of carbonyl (C=O) groups is 6. The van der Waals surface area contributed by atoms with Gasteiger partial charge in [0.1, 0.15) is 18.1 Å². The third-order valence-corrected chi connectivity index (χ3v) is 6.57. The van der Waals surface area contributed by atoms with Gasteiger partial charge in [-0.1, -0.05) is 18.2 Å². The lowest BCUT2D eigenvalue weighted by molar-refractivity contribution is -0.143. The van der Waals surface area contributed by atoms with E-state index in [0.29, 0.717) is 19.4 Å². The highest BCUT2D eigenvalue weighted by Gasteiger charge is 2.31. The Kier molecular flexibility index (Phi) is 13.4. The van der Waals surface area contributed by atoms with Crippen molar-refractivity contribution in [3.63, 3.8) is 0 Å². The van der Waals surface area contributed by atoms with Gasteiger partial charge in [-0.05, 0) is 56.7 Å². The van der Waals surface area contributed by atoms with Crippen molar-refractivity contribution in [2.45, 2.75) is 75.5 Å². The summed E-state index contributed by atoms with van der Waals surface area (Å²) in [7, 11) is 0. The highest BCUT2D eigenvalue weighted by atomic mass is 16.4. The van der Waals surface area contributed by atoms with Crippen LogP contribution in [0.3, 0.4) is 0 Å². The van der Waals surface area contributed by atoms with E-state index in [1.165, 1.54) is 0 Å². The number of aliphatic carboxylic acids is 3. The number of nitrogens with two attached hydrogens (primary N) is 2. The number of hydrogen-bond acceptors (Lipinski definition) is 8. The number of carboxylic acid groups (broad SMARTS) is 3. The first-order chi connectivity index (χ1) is 19.9. The molecule has 2 aromatic rings. The lowest BCUT2D eigenvalue weighted by atomic mass is 10.0. The van der Waals surface area contributed by atoms with E-state index in [1.807, 2.05) is 24.3 Å².